The summed E-state index contributed by atoms with van der Waals surface area (Å²) in [4.78, 5) is 0. The maximum Gasteiger partial charge on any atom is 0.128 e. The number of aliphatic hydroxyl groups excluding tert-OH is 2. The van der Waals surface area contributed by atoms with Gasteiger partial charge >= 0.3 is 0 Å². The van der Waals surface area contributed by atoms with Crippen LogP contribution < -0.4 is 4.74 Å². The van der Waals surface area contributed by atoms with Crippen molar-refractivity contribution in [2.24, 2.45) is 0 Å². The van der Waals surface area contributed by atoms with E-state index >= 15 is 0 Å². The first-order valence-corrected chi connectivity index (χ1v) is 5.44. The van der Waals surface area contributed by atoms with Gasteiger partial charge in [-0.2, -0.15) is 0 Å². The standard InChI is InChI=1S/C12H17FO4/c1-9(15)11-3-2-10(13)8-12(11)17-7-6-16-5-4-14/h2-3,8-9,14-15H,4-7H2,1H3/t9-/m0/s1. The van der Waals surface area contributed by atoms with Gasteiger partial charge in [-0.05, 0) is 19.1 Å². The molecule has 1 aromatic carbocycles. The topological polar surface area (TPSA) is 58.9 Å². The fourth-order valence-electron chi connectivity index (χ4n) is 1.36. The lowest BCUT2D eigenvalue weighted by atomic mass is 10.1. The monoisotopic (exact) mass is 244 g/mol. The second-order valence-electron chi connectivity index (χ2n) is 3.54. The molecule has 0 aliphatic rings. The molecule has 17 heavy (non-hydrogen) atoms. The smallest absolute Gasteiger partial charge is 0.128 e. The lowest BCUT2D eigenvalue weighted by molar-refractivity contribution is 0.0695. The van der Waals surface area contributed by atoms with Crippen molar-refractivity contribution in [2.45, 2.75) is 13.0 Å². The molecule has 5 heteroatoms. The first-order valence-electron chi connectivity index (χ1n) is 5.44. The second kappa shape index (κ2) is 7.21. The minimum Gasteiger partial charge on any atom is -0.491 e. The molecule has 0 bridgehead atoms. The van der Waals surface area contributed by atoms with E-state index < -0.39 is 11.9 Å². The highest BCUT2D eigenvalue weighted by Crippen LogP contribution is 2.25. The van der Waals surface area contributed by atoms with Crippen molar-refractivity contribution in [1.29, 1.82) is 0 Å². The van der Waals surface area contributed by atoms with Crippen LogP contribution in [0.15, 0.2) is 18.2 Å². The highest BCUT2D eigenvalue weighted by molar-refractivity contribution is 5.35. The molecule has 0 aliphatic heterocycles. The number of benzene rings is 1. The van der Waals surface area contributed by atoms with Crippen LogP contribution in [-0.2, 0) is 4.74 Å². The molecule has 4 nitrogen and oxygen atoms in total. The Morgan fingerprint density at radius 3 is 2.71 bits per heavy atom. The van der Waals surface area contributed by atoms with Gasteiger partial charge in [-0.15, -0.1) is 0 Å². The molecule has 0 aliphatic carbocycles. The first-order chi connectivity index (χ1) is 8.15. The third-order valence-electron chi connectivity index (χ3n) is 2.15. The van der Waals surface area contributed by atoms with Crippen molar-refractivity contribution in [3.63, 3.8) is 0 Å². The third kappa shape index (κ3) is 4.68. The molecule has 0 fully saturated rings. The summed E-state index contributed by atoms with van der Waals surface area (Å²) >= 11 is 0. The maximum absolute atomic E-state index is 13.0. The van der Waals surface area contributed by atoms with Gasteiger partial charge in [0.25, 0.3) is 0 Å². The van der Waals surface area contributed by atoms with E-state index in [2.05, 4.69) is 0 Å². The second-order valence-corrected chi connectivity index (χ2v) is 3.54. The Balaban J connectivity index is 2.53. The highest BCUT2D eigenvalue weighted by atomic mass is 19.1. The molecule has 1 rings (SSSR count). The number of ether oxygens (including phenoxy) is 2. The zero-order valence-electron chi connectivity index (χ0n) is 9.73. The van der Waals surface area contributed by atoms with Gasteiger partial charge in [-0.25, -0.2) is 4.39 Å². The molecule has 0 spiro atoms. The van der Waals surface area contributed by atoms with Crippen LogP contribution in [-0.4, -0.2) is 36.6 Å². The normalized spacial score (nSPS) is 12.5. The van der Waals surface area contributed by atoms with Crippen LogP contribution in [0.4, 0.5) is 4.39 Å². The van der Waals surface area contributed by atoms with Crippen molar-refractivity contribution < 1.29 is 24.1 Å². The van der Waals surface area contributed by atoms with Crippen LogP contribution in [0.1, 0.15) is 18.6 Å². The molecular formula is C12H17FO4. The summed E-state index contributed by atoms with van der Waals surface area (Å²) in [5, 5.41) is 18.0. The van der Waals surface area contributed by atoms with Gasteiger partial charge in [0.15, 0.2) is 0 Å². The molecule has 96 valence electrons. The molecule has 0 aromatic heterocycles. The average molecular weight is 244 g/mol. The molecule has 0 saturated carbocycles. The van der Waals surface area contributed by atoms with Gasteiger partial charge in [0.05, 0.1) is 25.9 Å². The summed E-state index contributed by atoms with van der Waals surface area (Å²) in [6.45, 7) is 2.33. The number of aliphatic hydroxyl groups is 2. The lowest BCUT2D eigenvalue weighted by Gasteiger charge is -2.13. The zero-order valence-corrected chi connectivity index (χ0v) is 9.73. The minimum absolute atomic E-state index is 0.0428. The summed E-state index contributed by atoms with van der Waals surface area (Å²) in [7, 11) is 0. The summed E-state index contributed by atoms with van der Waals surface area (Å²) in [5.74, 6) is -0.103. The Morgan fingerprint density at radius 2 is 2.06 bits per heavy atom. The van der Waals surface area contributed by atoms with E-state index in [1.54, 1.807) is 6.92 Å². The first kappa shape index (κ1) is 13.9. The van der Waals surface area contributed by atoms with E-state index in [4.69, 9.17) is 14.6 Å². The van der Waals surface area contributed by atoms with E-state index in [1.165, 1.54) is 18.2 Å². The Morgan fingerprint density at radius 1 is 1.29 bits per heavy atom. The summed E-state index contributed by atoms with van der Waals surface area (Å²) in [5.41, 5.74) is 0.536. The number of hydrogen-bond acceptors (Lipinski definition) is 4. The quantitative estimate of drug-likeness (QED) is 0.709. The SMILES string of the molecule is C[C@H](O)c1ccc(F)cc1OCCOCCO. The molecular weight excluding hydrogens is 227 g/mol. The van der Waals surface area contributed by atoms with Crippen LogP contribution in [0, 0.1) is 5.82 Å². The zero-order chi connectivity index (χ0) is 12.7. The Kier molecular flexibility index (Phi) is 5.90. The molecule has 0 heterocycles. The van der Waals surface area contributed by atoms with Crippen LogP contribution >= 0.6 is 0 Å². The van der Waals surface area contributed by atoms with Gasteiger partial charge < -0.3 is 19.7 Å². The average Bonchev–Trinajstić information content (AvgIpc) is 2.28. The molecule has 0 saturated heterocycles. The Hall–Kier alpha value is -1.17. The molecule has 0 radical (unpaired) electrons. The molecule has 0 unspecified atom stereocenters. The van der Waals surface area contributed by atoms with Gasteiger partial charge in [-0.1, -0.05) is 0 Å². The van der Waals surface area contributed by atoms with Crippen LogP contribution in [0.25, 0.3) is 0 Å². The fourth-order valence-corrected chi connectivity index (χ4v) is 1.36. The fraction of sp³-hybridized carbons (Fsp3) is 0.500. The minimum atomic E-state index is -0.719. The van der Waals surface area contributed by atoms with Crippen molar-refractivity contribution in [3.05, 3.63) is 29.6 Å². The van der Waals surface area contributed by atoms with Crippen LogP contribution in [0.3, 0.4) is 0 Å². The molecule has 1 atom stereocenters. The highest BCUT2D eigenvalue weighted by Gasteiger charge is 2.10. The van der Waals surface area contributed by atoms with Gasteiger partial charge in [0.1, 0.15) is 18.2 Å². The van der Waals surface area contributed by atoms with Gasteiger partial charge in [0.2, 0.25) is 0 Å². The number of rotatable bonds is 7. The van der Waals surface area contributed by atoms with E-state index in [9.17, 15) is 9.50 Å². The van der Waals surface area contributed by atoms with Crippen LogP contribution in [0.2, 0.25) is 0 Å². The Bertz CT molecular complexity index is 341. The predicted molar refractivity (Wildman–Crippen MR) is 60.4 cm³/mol. The molecule has 0 amide bonds. The van der Waals surface area contributed by atoms with E-state index in [0.717, 1.165) is 0 Å². The summed E-state index contributed by atoms with van der Waals surface area (Å²) in [6, 6.07) is 4.00. The predicted octanol–water partition coefficient (Wildman–Crippen LogP) is 1.27. The van der Waals surface area contributed by atoms with Gasteiger partial charge in [0, 0.05) is 11.6 Å². The lowest BCUT2D eigenvalue weighted by Crippen LogP contribution is -2.10. The van der Waals surface area contributed by atoms with Crippen molar-refractivity contribution in [3.8, 4) is 5.75 Å². The number of hydrogen-bond donors (Lipinski definition) is 2. The Labute approximate surface area is 99.6 Å². The maximum atomic E-state index is 13.0. The largest absolute Gasteiger partial charge is 0.491 e. The van der Waals surface area contributed by atoms with Gasteiger partial charge in [-0.3, -0.25) is 0 Å². The van der Waals surface area contributed by atoms with Crippen molar-refractivity contribution >= 4 is 0 Å². The van der Waals surface area contributed by atoms with Crippen molar-refractivity contribution in [2.75, 3.05) is 26.4 Å². The van der Waals surface area contributed by atoms with E-state index in [-0.39, 0.29) is 19.8 Å². The van der Waals surface area contributed by atoms with E-state index in [1.807, 2.05) is 0 Å². The summed E-state index contributed by atoms with van der Waals surface area (Å²) < 4.78 is 23.3. The van der Waals surface area contributed by atoms with Crippen molar-refractivity contribution in [1.82, 2.24) is 0 Å². The molecule has 1 aromatic rings. The molecule has 2 N–H and O–H groups in total. The van der Waals surface area contributed by atoms with Crippen LogP contribution in [0.5, 0.6) is 5.75 Å². The third-order valence-corrected chi connectivity index (χ3v) is 2.15. The number of halogens is 1. The summed E-state index contributed by atoms with van der Waals surface area (Å²) in [6.07, 6.45) is -0.719. The van der Waals surface area contributed by atoms with E-state index in [0.29, 0.717) is 17.9 Å².